The van der Waals surface area contributed by atoms with E-state index in [1.165, 1.54) is 6.07 Å². The van der Waals surface area contributed by atoms with Crippen LogP contribution in [0.25, 0.3) is 0 Å². The Kier molecular flexibility index (Phi) is 3.94. The zero-order chi connectivity index (χ0) is 15.9. The van der Waals surface area contributed by atoms with Gasteiger partial charge in [0.15, 0.2) is 11.6 Å². The number of halogens is 2. The highest BCUT2D eigenvalue weighted by molar-refractivity contribution is 9.10. The van der Waals surface area contributed by atoms with E-state index in [1.807, 2.05) is 6.92 Å². The summed E-state index contributed by atoms with van der Waals surface area (Å²) < 4.78 is 20.1. The summed E-state index contributed by atoms with van der Waals surface area (Å²) in [5.74, 6) is -0.676. The molecule has 1 aliphatic heterocycles. The lowest BCUT2D eigenvalue weighted by molar-refractivity contribution is -0.121. The molecule has 3 rings (SSSR count). The number of hydrazone groups is 1. The summed E-state index contributed by atoms with van der Waals surface area (Å²) in [6, 6.07) is 3.05. The van der Waals surface area contributed by atoms with E-state index in [1.54, 1.807) is 6.07 Å². The van der Waals surface area contributed by atoms with E-state index in [4.69, 9.17) is 4.74 Å². The standard InChI is InChI=1S/C15H16BrFN2O3/c1-8-4-12(20)18-19-13(8)9-5-10(16)14(11(17)6-9)22-7-15(21)2-3-15/h5-6,8,21H,2-4,7H2,1H3,(H,18,20). The number of amides is 1. The topological polar surface area (TPSA) is 70.9 Å². The molecule has 0 spiro atoms. The van der Waals surface area contributed by atoms with E-state index in [9.17, 15) is 14.3 Å². The summed E-state index contributed by atoms with van der Waals surface area (Å²) in [6.45, 7) is 1.95. The van der Waals surface area contributed by atoms with Crippen molar-refractivity contribution in [3.8, 4) is 5.75 Å². The van der Waals surface area contributed by atoms with Gasteiger partial charge in [-0.25, -0.2) is 9.82 Å². The van der Waals surface area contributed by atoms with E-state index in [0.717, 1.165) is 0 Å². The maximum atomic E-state index is 14.3. The van der Waals surface area contributed by atoms with Gasteiger partial charge < -0.3 is 9.84 Å². The van der Waals surface area contributed by atoms with E-state index in [-0.39, 0.29) is 24.2 Å². The Labute approximate surface area is 135 Å². The summed E-state index contributed by atoms with van der Waals surface area (Å²) >= 11 is 3.30. The predicted octanol–water partition coefficient (Wildman–Crippen LogP) is 2.35. The van der Waals surface area contributed by atoms with Crippen LogP contribution in [-0.2, 0) is 4.79 Å². The Bertz CT molecular complexity index is 635. The van der Waals surface area contributed by atoms with Crippen molar-refractivity contribution in [3.05, 3.63) is 28.0 Å². The van der Waals surface area contributed by atoms with Crippen LogP contribution in [0, 0.1) is 11.7 Å². The van der Waals surface area contributed by atoms with Crippen molar-refractivity contribution >= 4 is 27.5 Å². The van der Waals surface area contributed by atoms with E-state index in [2.05, 4.69) is 26.5 Å². The molecule has 0 aromatic heterocycles. The fourth-order valence-corrected chi connectivity index (χ4v) is 2.89. The molecule has 1 unspecified atom stereocenters. The van der Waals surface area contributed by atoms with E-state index < -0.39 is 11.4 Å². The first-order valence-electron chi connectivity index (χ1n) is 7.09. The second-order valence-corrected chi connectivity index (χ2v) is 6.77. The number of nitrogens with one attached hydrogen (secondary N) is 1. The SMILES string of the molecule is CC1CC(=O)NN=C1c1cc(F)c(OCC2(O)CC2)c(Br)c1. The monoisotopic (exact) mass is 370 g/mol. The van der Waals surface area contributed by atoms with Crippen LogP contribution in [0.1, 0.15) is 31.7 Å². The lowest BCUT2D eigenvalue weighted by Gasteiger charge is -2.20. The molecule has 1 aliphatic carbocycles. The molecular weight excluding hydrogens is 355 g/mol. The Morgan fingerprint density at radius 2 is 2.27 bits per heavy atom. The van der Waals surface area contributed by atoms with Gasteiger partial charge in [-0.05, 0) is 40.9 Å². The zero-order valence-electron chi connectivity index (χ0n) is 12.0. The first kappa shape index (κ1) is 15.4. The zero-order valence-corrected chi connectivity index (χ0v) is 13.6. The smallest absolute Gasteiger partial charge is 0.240 e. The second-order valence-electron chi connectivity index (χ2n) is 5.92. The van der Waals surface area contributed by atoms with Crippen molar-refractivity contribution in [1.82, 2.24) is 5.43 Å². The summed E-state index contributed by atoms with van der Waals surface area (Å²) in [6.07, 6.45) is 1.68. The van der Waals surface area contributed by atoms with Crippen molar-refractivity contribution in [2.24, 2.45) is 11.0 Å². The molecule has 1 amide bonds. The van der Waals surface area contributed by atoms with Crippen LogP contribution in [0.3, 0.4) is 0 Å². The Hall–Kier alpha value is -1.47. The molecule has 5 nitrogen and oxygen atoms in total. The average Bonchev–Trinajstić information content (AvgIpc) is 3.15. The Morgan fingerprint density at radius 3 is 2.86 bits per heavy atom. The number of aliphatic hydroxyl groups is 1. The average molecular weight is 371 g/mol. The molecule has 1 atom stereocenters. The van der Waals surface area contributed by atoms with Crippen LogP contribution in [0.4, 0.5) is 4.39 Å². The number of benzene rings is 1. The third-order valence-corrected chi connectivity index (χ3v) is 4.45. The molecule has 118 valence electrons. The lowest BCUT2D eigenvalue weighted by Crippen LogP contribution is -2.32. The van der Waals surface area contributed by atoms with Gasteiger partial charge in [0.2, 0.25) is 5.91 Å². The van der Waals surface area contributed by atoms with Gasteiger partial charge in [0.1, 0.15) is 6.61 Å². The highest BCUT2D eigenvalue weighted by Gasteiger charge is 2.41. The van der Waals surface area contributed by atoms with Crippen LogP contribution in [0.5, 0.6) is 5.75 Å². The van der Waals surface area contributed by atoms with Crippen molar-refractivity contribution in [1.29, 1.82) is 0 Å². The molecule has 7 heteroatoms. The molecule has 1 heterocycles. The maximum Gasteiger partial charge on any atom is 0.240 e. The first-order chi connectivity index (χ1) is 10.4. The first-order valence-corrected chi connectivity index (χ1v) is 7.88. The van der Waals surface area contributed by atoms with Crippen LogP contribution < -0.4 is 10.2 Å². The summed E-state index contributed by atoms with van der Waals surface area (Å²) in [5, 5.41) is 13.8. The highest BCUT2D eigenvalue weighted by Crippen LogP contribution is 2.37. The minimum Gasteiger partial charge on any atom is -0.486 e. The predicted molar refractivity (Wildman–Crippen MR) is 82.2 cm³/mol. The van der Waals surface area contributed by atoms with Crippen LogP contribution >= 0.6 is 15.9 Å². The largest absolute Gasteiger partial charge is 0.486 e. The van der Waals surface area contributed by atoms with Gasteiger partial charge >= 0.3 is 0 Å². The van der Waals surface area contributed by atoms with Crippen molar-refractivity contribution in [2.45, 2.75) is 31.8 Å². The fourth-order valence-electron chi connectivity index (χ4n) is 2.34. The van der Waals surface area contributed by atoms with Crippen LogP contribution in [-0.4, -0.2) is 28.9 Å². The van der Waals surface area contributed by atoms with E-state index >= 15 is 0 Å². The number of carbonyl (C=O) groups excluding carboxylic acids is 1. The maximum absolute atomic E-state index is 14.3. The summed E-state index contributed by atoms with van der Waals surface area (Å²) in [7, 11) is 0. The number of hydrogen-bond acceptors (Lipinski definition) is 4. The minimum atomic E-state index is -0.809. The molecule has 0 radical (unpaired) electrons. The molecular formula is C15H16BrFN2O3. The molecule has 2 N–H and O–H groups in total. The second kappa shape index (κ2) is 5.62. The Morgan fingerprint density at radius 1 is 1.55 bits per heavy atom. The minimum absolute atomic E-state index is 0.0786. The third kappa shape index (κ3) is 3.15. The van der Waals surface area contributed by atoms with Gasteiger partial charge in [-0.1, -0.05) is 6.92 Å². The van der Waals surface area contributed by atoms with Gasteiger partial charge in [0.05, 0.1) is 15.8 Å². The van der Waals surface area contributed by atoms with Gasteiger partial charge in [0.25, 0.3) is 0 Å². The lowest BCUT2D eigenvalue weighted by atomic mass is 9.94. The molecule has 0 saturated heterocycles. The van der Waals surface area contributed by atoms with E-state index in [0.29, 0.717) is 35.0 Å². The molecule has 1 aromatic rings. The number of carbonyl (C=O) groups is 1. The van der Waals surface area contributed by atoms with Gasteiger partial charge in [0, 0.05) is 17.9 Å². The van der Waals surface area contributed by atoms with Crippen molar-refractivity contribution < 1.29 is 19.0 Å². The fraction of sp³-hybridized carbons (Fsp3) is 0.467. The highest BCUT2D eigenvalue weighted by atomic mass is 79.9. The Balaban J connectivity index is 1.84. The third-order valence-electron chi connectivity index (χ3n) is 3.87. The van der Waals surface area contributed by atoms with Crippen LogP contribution in [0.2, 0.25) is 0 Å². The molecule has 22 heavy (non-hydrogen) atoms. The molecule has 0 bridgehead atoms. The summed E-state index contributed by atoms with van der Waals surface area (Å²) in [5.41, 5.74) is 2.83. The molecule has 1 fully saturated rings. The quantitative estimate of drug-likeness (QED) is 0.854. The van der Waals surface area contributed by atoms with Crippen LogP contribution in [0.15, 0.2) is 21.7 Å². The normalized spacial score (nSPS) is 22.8. The van der Waals surface area contributed by atoms with Gasteiger partial charge in [-0.2, -0.15) is 5.10 Å². The molecule has 2 aliphatic rings. The number of ether oxygens (including phenoxy) is 1. The van der Waals surface area contributed by atoms with Crippen molar-refractivity contribution in [2.75, 3.05) is 6.61 Å². The summed E-state index contributed by atoms with van der Waals surface area (Å²) in [4.78, 5) is 11.3. The van der Waals surface area contributed by atoms with Gasteiger partial charge in [-0.3, -0.25) is 4.79 Å². The van der Waals surface area contributed by atoms with Gasteiger partial charge in [-0.15, -0.1) is 0 Å². The molecule has 1 aromatic carbocycles. The number of nitrogens with zero attached hydrogens (tertiary/aromatic N) is 1. The number of hydrogen-bond donors (Lipinski definition) is 2. The molecule has 1 saturated carbocycles. The number of rotatable bonds is 4. The van der Waals surface area contributed by atoms with Crippen molar-refractivity contribution in [3.63, 3.8) is 0 Å².